The predicted molar refractivity (Wildman–Crippen MR) is 84.0 cm³/mol. The van der Waals surface area contributed by atoms with E-state index in [-0.39, 0.29) is 56.5 Å². The van der Waals surface area contributed by atoms with Crippen LogP contribution in [0, 0.1) is 5.92 Å². The molecule has 0 spiro atoms. The van der Waals surface area contributed by atoms with Crippen LogP contribution in [0.5, 0.6) is 0 Å². The number of carbonyl (C=O) groups excluding carboxylic acids is 3. The maximum Gasteiger partial charge on any atom is 0.246 e. The van der Waals surface area contributed by atoms with E-state index in [0.717, 1.165) is 0 Å². The van der Waals surface area contributed by atoms with Gasteiger partial charge in [0.15, 0.2) is 5.78 Å². The molecule has 8 heteroatoms. The summed E-state index contributed by atoms with van der Waals surface area (Å²) >= 11 is 0. The fourth-order valence-electron chi connectivity index (χ4n) is 1.33. The SMILES string of the molecule is CCOCC(=O)NCCOCC(=O)NCCOCC(=O)C(C)C. The van der Waals surface area contributed by atoms with E-state index in [2.05, 4.69) is 10.6 Å². The third-order valence-electron chi connectivity index (χ3n) is 2.70. The Balaban J connectivity index is 3.41. The summed E-state index contributed by atoms with van der Waals surface area (Å²) in [6.07, 6.45) is 0. The zero-order chi connectivity index (χ0) is 17.5. The molecule has 0 fully saturated rings. The molecular weight excluding hydrogens is 304 g/mol. The van der Waals surface area contributed by atoms with E-state index in [1.54, 1.807) is 0 Å². The summed E-state index contributed by atoms with van der Waals surface area (Å²) in [5.41, 5.74) is 0. The molecule has 134 valence electrons. The Morgan fingerprint density at radius 3 is 1.78 bits per heavy atom. The summed E-state index contributed by atoms with van der Waals surface area (Å²) in [4.78, 5) is 33.9. The lowest BCUT2D eigenvalue weighted by atomic mass is 10.1. The maximum absolute atomic E-state index is 11.4. The van der Waals surface area contributed by atoms with Crippen molar-refractivity contribution in [2.75, 3.05) is 52.7 Å². The van der Waals surface area contributed by atoms with E-state index in [1.807, 2.05) is 20.8 Å². The van der Waals surface area contributed by atoms with Gasteiger partial charge >= 0.3 is 0 Å². The van der Waals surface area contributed by atoms with Crippen LogP contribution in [-0.2, 0) is 28.6 Å². The first kappa shape index (κ1) is 21.5. The summed E-state index contributed by atoms with van der Waals surface area (Å²) < 4.78 is 15.2. The smallest absolute Gasteiger partial charge is 0.246 e. The molecule has 0 aliphatic heterocycles. The van der Waals surface area contributed by atoms with Crippen molar-refractivity contribution in [2.45, 2.75) is 20.8 Å². The highest BCUT2D eigenvalue weighted by atomic mass is 16.5. The van der Waals surface area contributed by atoms with Gasteiger partial charge < -0.3 is 24.8 Å². The number of Topliss-reactive ketones (excluding diaryl/α,β-unsaturated/α-hetero) is 1. The van der Waals surface area contributed by atoms with Gasteiger partial charge in [-0.05, 0) is 6.92 Å². The molecule has 2 N–H and O–H groups in total. The fourth-order valence-corrected chi connectivity index (χ4v) is 1.33. The summed E-state index contributed by atoms with van der Waals surface area (Å²) in [5.74, 6) is -0.504. The van der Waals surface area contributed by atoms with Gasteiger partial charge in [-0.1, -0.05) is 13.8 Å². The second-order valence-corrected chi connectivity index (χ2v) is 5.06. The molecule has 0 radical (unpaired) electrons. The monoisotopic (exact) mass is 332 g/mol. The number of amides is 2. The van der Waals surface area contributed by atoms with E-state index in [0.29, 0.717) is 19.7 Å². The Labute approximate surface area is 137 Å². The van der Waals surface area contributed by atoms with Crippen molar-refractivity contribution >= 4 is 17.6 Å². The zero-order valence-corrected chi connectivity index (χ0v) is 14.2. The Morgan fingerprint density at radius 2 is 1.30 bits per heavy atom. The highest BCUT2D eigenvalue weighted by Crippen LogP contribution is 1.93. The lowest BCUT2D eigenvalue weighted by molar-refractivity contribution is -0.127. The van der Waals surface area contributed by atoms with Crippen molar-refractivity contribution in [1.82, 2.24) is 10.6 Å². The molecule has 0 aromatic heterocycles. The molecule has 0 aliphatic rings. The zero-order valence-electron chi connectivity index (χ0n) is 14.2. The highest BCUT2D eigenvalue weighted by molar-refractivity contribution is 5.81. The van der Waals surface area contributed by atoms with Gasteiger partial charge in [-0.15, -0.1) is 0 Å². The lowest BCUT2D eigenvalue weighted by Crippen LogP contribution is -2.34. The molecule has 0 aromatic carbocycles. The Kier molecular flexibility index (Phi) is 13.2. The Hall–Kier alpha value is -1.51. The largest absolute Gasteiger partial charge is 0.372 e. The van der Waals surface area contributed by atoms with Crippen LogP contribution in [0.3, 0.4) is 0 Å². The average molecular weight is 332 g/mol. The van der Waals surface area contributed by atoms with Crippen molar-refractivity contribution < 1.29 is 28.6 Å². The van der Waals surface area contributed by atoms with Gasteiger partial charge in [0.2, 0.25) is 11.8 Å². The van der Waals surface area contributed by atoms with Crippen LogP contribution in [0.2, 0.25) is 0 Å². The van der Waals surface area contributed by atoms with Gasteiger partial charge in [-0.2, -0.15) is 0 Å². The number of carbonyl (C=O) groups is 3. The van der Waals surface area contributed by atoms with E-state index < -0.39 is 0 Å². The minimum atomic E-state index is -0.274. The maximum atomic E-state index is 11.4. The number of rotatable bonds is 14. The summed E-state index contributed by atoms with van der Waals surface area (Å²) in [7, 11) is 0. The summed E-state index contributed by atoms with van der Waals surface area (Å²) in [6, 6.07) is 0. The first-order valence-electron chi connectivity index (χ1n) is 7.76. The van der Waals surface area contributed by atoms with Crippen LogP contribution in [0.1, 0.15) is 20.8 Å². The topological polar surface area (TPSA) is 103 Å². The molecule has 23 heavy (non-hydrogen) atoms. The van der Waals surface area contributed by atoms with E-state index in [1.165, 1.54) is 0 Å². The van der Waals surface area contributed by atoms with Crippen LogP contribution in [-0.4, -0.2) is 70.3 Å². The van der Waals surface area contributed by atoms with Gasteiger partial charge in [0.05, 0.1) is 13.2 Å². The molecule has 0 aromatic rings. The Morgan fingerprint density at radius 1 is 0.826 bits per heavy atom. The molecule has 0 rings (SSSR count). The standard InChI is InChI=1S/C15H28N2O6/c1-4-21-10-14(19)16-6-8-23-11-15(20)17-5-7-22-9-13(18)12(2)3/h12H,4-11H2,1-3H3,(H,16,19)(H,17,20). The van der Waals surface area contributed by atoms with E-state index in [4.69, 9.17) is 14.2 Å². The molecule has 8 nitrogen and oxygen atoms in total. The molecule has 0 aliphatic carbocycles. The minimum absolute atomic E-state index is 0.0241. The van der Waals surface area contributed by atoms with Crippen molar-refractivity contribution in [3.05, 3.63) is 0 Å². The van der Waals surface area contributed by atoms with Gasteiger partial charge in [0, 0.05) is 25.6 Å². The third-order valence-corrected chi connectivity index (χ3v) is 2.70. The molecule has 0 heterocycles. The fraction of sp³-hybridized carbons (Fsp3) is 0.800. The van der Waals surface area contributed by atoms with Crippen LogP contribution in [0.15, 0.2) is 0 Å². The first-order valence-corrected chi connectivity index (χ1v) is 7.76. The Bertz CT molecular complexity index is 360. The number of ether oxygens (including phenoxy) is 3. The molecule has 0 saturated heterocycles. The predicted octanol–water partition coefficient (Wildman–Crippen LogP) is -0.486. The van der Waals surface area contributed by atoms with Gasteiger partial charge in [0.1, 0.15) is 19.8 Å². The molecular formula is C15H28N2O6. The second-order valence-electron chi connectivity index (χ2n) is 5.06. The first-order chi connectivity index (χ1) is 11.0. The summed E-state index contributed by atoms with van der Waals surface area (Å²) in [5, 5.41) is 5.20. The van der Waals surface area contributed by atoms with E-state index >= 15 is 0 Å². The number of hydrogen-bond acceptors (Lipinski definition) is 6. The molecule has 0 bridgehead atoms. The van der Waals surface area contributed by atoms with Gasteiger partial charge in [-0.3, -0.25) is 14.4 Å². The molecule has 2 amide bonds. The van der Waals surface area contributed by atoms with Crippen molar-refractivity contribution in [2.24, 2.45) is 5.92 Å². The molecule has 0 atom stereocenters. The second kappa shape index (κ2) is 14.1. The van der Waals surface area contributed by atoms with Crippen LogP contribution in [0.25, 0.3) is 0 Å². The van der Waals surface area contributed by atoms with Gasteiger partial charge in [-0.25, -0.2) is 0 Å². The normalized spacial score (nSPS) is 10.6. The highest BCUT2D eigenvalue weighted by Gasteiger charge is 2.07. The van der Waals surface area contributed by atoms with Crippen LogP contribution >= 0.6 is 0 Å². The average Bonchev–Trinajstić information content (AvgIpc) is 2.51. The summed E-state index contributed by atoms with van der Waals surface area (Å²) in [6.45, 7) is 7.06. The van der Waals surface area contributed by atoms with Crippen molar-refractivity contribution in [3.63, 3.8) is 0 Å². The number of nitrogens with one attached hydrogen (secondary N) is 2. The van der Waals surface area contributed by atoms with Crippen LogP contribution < -0.4 is 10.6 Å². The minimum Gasteiger partial charge on any atom is -0.372 e. The van der Waals surface area contributed by atoms with Crippen molar-refractivity contribution in [1.29, 1.82) is 0 Å². The van der Waals surface area contributed by atoms with Gasteiger partial charge in [0.25, 0.3) is 0 Å². The third kappa shape index (κ3) is 13.8. The van der Waals surface area contributed by atoms with Crippen LogP contribution in [0.4, 0.5) is 0 Å². The lowest BCUT2D eigenvalue weighted by Gasteiger charge is -2.08. The van der Waals surface area contributed by atoms with E-state index in [9.17, 15) is 14.4 Å². The molecule has 0 saturated carbocycles. The quantitative estimate of drug-likeness (QED) is 0.416. The number of hydrogen-bond donors (Lipinski definition) is 2. The number of ketones is 1. The molecule has 0 unspecified atom stereocenters. The van der Waals surface area contributed by atoms with Crippen molar-refractivity contribution in [3.8, 4) is 0 Å².